The van der Waals surface area contributed by atoms with Crippen molar-refractivity contribution in [2.24, 2.45) is 0 Å². The number of rotatable bonds is 17. The van der Waals surface area contributed by atoms with Crippen molar-refractivity contribution in [1.82, 2.24) is 9.80 Å². The highest BCUT2D eigenvalue weighted by Gasteiger charge is 2.40. The molecule has 0 radical (unpaired) electrons. The Morgan fingerprint density at radius 1 is 0.612 bits per heavy atom. The van der Waals surface area contributed by atoms with Gasteiger partial charge in [-0.3, -0.25) is 29.0 Å². The fourth-order valence-electron chi connectivity index (χ4n) is 5.77. The smallest absolute Gasteiger partial charge is 0.336 e. The van der Waals surface area contributed by atoms with Gasteiger partial charge in [-0.2, -0.15) is 0 Å². The molecule has 2 aromatic rings. The summed E-state index contributed by atoms with van der Waals surface area (Å²) < 4.78 is 11.9. The van der Waals surface area contributed by atoms with Gasteiger partial charge in [-0.15, -0.1) is 0 Å². The minimum Gasteiger partial charge on any atom is -0.492 e. The van der Waals surface area contributed by atoms with Crippen LogP contribution in [0.1, 0.15) is 100 Å². The zero-order chi connectivity index (χ0) is 37.2. The maximum absolute atomic E-state index is 13.3. The molecule has 0 fully saturated rings. The normalized spacial score (nSPS) is 12.7. The third-order valence-corrected chi connectivity index (χ3v) is 8.14. The molecule has 49 heavy (non-hydrogen) atoms. The molecule has 0 spiro atoms. The van der Waals surface area contributed by atoms with Gasteiger partial charge in [0.15, 0.2) is 17.2 Å². The number of fused-ring (bicyclic) bond motifs is 2. The van der Waals surface area contributed by atoms with E-state index < -0.39 is 36.4 Å². The second-order valence-electron chi connectivity index (χ2n) is 13.1. The number of benzene rings is 2. The summed E-state index contributed by atoms with van der Waals surface area (Å²) >= 11 is 0. The Balaban J connectivity index is 0.000000543. The number of carbonyl (C=O) groups is 5. The van der Waals surface area contributed by atoms with E-state index in [0.717, 1.165) is 13.1 Å². The summed E-state index contributed by atoms with van der Waals surface area (Å²) in [5.74, 6) is -4.13. The number of carbonyl (C=O) groups excluding carboxylic acids is 2. The van der Waals surface area contributed by atoms with E-state index >= 15 is 0 Å². The molecule has 0 bridgehead atoms. The van der Waals surface area contributed by atoms with Crippen LogP contribution < -0.4 is 9.47 Å². The molecule has 0 saturated heterocycles. The Bertz CT molecular complexity index is 1380. The van der Waals surface area contributed by atoms with Crippen molar-refractivity contribution in [3.05, 3.63) is 58.7 Å². The highest BCUT2D eigenvalue weighted by atomic mass is 16.5. The number of nitrogens with zero attached hydrogens (tertiary/aromatic N) is 2. The molecule has 0 amide bonds. The first-order valence-corrected chi connectivity index (χ1v) is 16.3. The van der Waals surface area contributed by atoms with Crippen LogP contribution in [0.4, 0.5) is 0 Å². The monoisotopic (exact) mass is 686 g/mol. The third kappa shape index (κ3) is 11.4. The van der Waals surface area contributed by atoms with Crippen LogP contribution in [-0.4, -0.2) is 116 Å². The maximum atomic E-state index is 13.3. The van der Waals surface area contributed by atoms with E-state index in [-0.39, 0.29) is 11.6 Å². The van der Waals surface area contributed by atoms with Crippen molar-refractivity contribution < 1.29 is 53.9 Å². The van der Waals surface area contributed by atoms with Gasteiger partial charge < -0.3 is 29.9 Å². The SMILES string of the molecule is CC(C)N(CCOc1ccc2c(c1)C(=O)c1ccc(OCCN(C(C)C)C(C)C)cc1C2=O)C(C)C.O=C(O)CC(O)(CC(=O)O)C(=O)O. The summed E-state index contributed by atoms with van der Waals surface area (Å²) in [6.07, 6.45) is -2.29. The number of hydrogen-bond donors (Lipinski definition) is 4. The molecule has 3 rings (SSSR count). The molecule has 1 aliphatic carbocycles. The predicted octanol–water partition coefficient (Wildman–Crippen LogP) is 4.21. The maximum Gasteiger partial charge on any atom is 0.336 e. The summed E-state index contributed by atoms with van der Waals surface area (Å²) in [5.41, 5.74) is -1.12. The molecule has 0 aromatic heterocycles. The number of ether oxygens (including phenoxy) is 2. The minimum atomic E-state index is -2.74. The van der Waals surface area contributed by atoms with E-state index in [1.807, 2.05) is 0 Å². The molecule has 2 aromatic carbocycles. The van der Waals surface area contributed by atoms with Crippen molar-refractivity contribution in [3.63, 3.8) is 0 Å². The largest absolute Gasteiger partial charge is 0.492 e. The van der Waals surface area contributed by atoms with Gasteiger partial charge >= 0.3 is 17.9 Å². The molecule has 0 aliphatic heterocycles. The Labute approximate surface area is 287 Å². The Morgan fingerprint density at radius 3 is 1.20 bits per heavy atom. The van der Waals surface area contributed by atoms with Crippen LogP contribution in [0.15, 0.2) is 36.4 Å². The lowest BCUT2D eigenvalue weighted by atomic mass is 9.84. The second-order valence-corrected chi connectivity index (χ2v) is 13.1. The zero-order valence-electron chi connectivity index (χ0n) is 29.6. The van der Waals surface area contributed by atoms with Crippen molar-refractivity contribution >= 4 is 29.5 Å². The van der Waals surface area contributed by atoms with Gasteiger partial charge in [0.2, 0.25) is 0 Å². The molecule has 13 heteroatoms. The van der Waals surface area contributed by atoms with Crippen LogP contribution in [0.2, 0.25) is 0 Å². The average Bonchev–Trinajstić information content (AvgIpc) is 2.98. The number of aliphatic carboxylic acids is 3. The molecule has 4 N–H and O–H groups in total. The van der Waals surface area contributed by atoms with Crippen LogP contribution in [0.5, 0.6) is 11.5 Å². The molecule has 0 atom stereocenters. The summed E-state index contributed by atoms with van der Waals surface area (Å²) in [5, 5.41) is 33.8. The quantitative estimate of drug-likeness (QED) is 0.158. The van der Waals surface area contributed by atoms with Crippen LogP contribution in [0, 0.1) is 0 Å². The van der Waals surface area contributed by atoms with E-state index in [0.29, 0.717) is 71.1 Å². The van der Waals surface area contributed by atoms with Crippen LogP contribution in [-0.2, 0) is 14.4 Å². The molecule has 0 heterocycles. The second kappa shape index (κ2) is 17.9. The van der Waals surface area contributed by atoms with Gasteiger partial charge in [0, 0.05) is 59.5 Å². The van der Waals surface area contributed by atoms with Crippen LogP contribution in [0.3, 0.4) is 0 Å². The Hall–Kier alpha value is -4.33. The predicted molar refractivity (Wildman–Crippen MR) is 182 cm³/mol. The highest BCUT2D eigenvalue weighted by molar-refractivity contribution is 6.28. The fraction of sp³-hybridized carbons (Fsp3) is 0.528. The fourth-order valence-corrected chi connectivity index (χ4v) is 5.77. The number of aliphatic hydroxyl groups is 1. The van der Waals surface area contributed by atoms with E-state index in [4.69, 9.17) is 29.9 Å². The van der Waals surface area contributed by atoms with Crippen molar-refractivity contribution in [2.45, 2.75) is 98.0 Å². The first kappa shape index (κ1) is 40.8. The van der Waals surface area contributed by atoms with E-state index in [1.165, 1.54) is 0 Å². The lowest BCUT2D eigenvalue weighted by molar-refractivity contribution is -0.170. The Kier molecular flexibility index (Phi) is 14.9. The van der Waals surface area contributed by atoms with Crippen molar-refractivity contribution in [1.29, 1.82) is 0 Å². The molecular formula is C36H50N2O11. The summed E-state index contributed by atoms with van der Waals surface area (Å²) in [6, 6.07) is 12.0. The molecule has 13 nitrogen and oxygen atoms in total. The van der Waals surface area contributed by atoms with E-state index in [1.54, 1.807) is 36.4 Å². The number of carboxylic acids is 3. The number of ketones is 2. The number of hydrogen-bond acceptors (Lipinski definition) is 10. The highest BCUT2D eigenvalue weighted by Crippen LogP contribution is 2.32. The van der Waals surface area contributed by atoms with Crippen LogP contribution >= 0.6 is 0 Å². The minimum absolute atomic E-state index is 0.159. The average molecular weight is 687 g/mol. The lowest BCUT2D eigenvalue weighted by Crippen LogP contribution is -2.42. The molecule has 0 unspecified atom stereocenters. The van der Waals surface area contributed by atoms with Crippen molar-refractivity contribution in [3.8, 4) is 11.5 Å². The molecular weight excluding hydrogens is 636 g/mol. The van der Waals surface area contributed by atoms with Gasteiger partial charge in [-0.25, -0.2) is 4.79 Å². The summed E-state index contributed by atoms with van der Waals surface area (Å²) in [4.78, 5) is 61.7. The zero-order valence-corrected chi connectivity index (χ0v) is 29.6. The first-order valence-electron chi connectivity index (χ1n) is 16.3. The van der Waals surface area contributed by atoms with Gasteiger partial charge in [0.05, 0.1) is 12.8 Å². The summed E-state index contributed by atoms with van der Waals surface area (Å²) in [7, 11) is 0. The van der Waals surface area contributed by atoms with E-state index in [9.17, 15) is 24.0 Å². The first-order chi connectivity index (χ1) is 22.8. The molecule has 0 saturated carbocycles. The topological polar surface area (TPSA) is 191 Å². The standard InChI is InChI=1S/C30H42N2O4.C6H8O7/c1-19(2)31(20(3)4)13-15-35-23-9-11-25-27(17-23)29(33)26-12-10-24(18-28(26)30(25)34)36-16-14-32(21(5)6)22(7)8;7-3(8)1-6(13,5(11)12)2-4(9)10/h9-12,17-22H,13-16H2,1-8H3;13H,1-2H2,(H,7,8)(H,9,10)(H,11,12). The van der Waals surface area contributed by atoms with Crippen LogP contribution in [0.25, 0.3) is 0 Å². The van der Waals surface area contributed by atoms with Gasteiger partial charge in [-0.1, -0.05) is 0 Å². The van der Waals surface area contributed by atoms with Gasteiger partial charge in [-0.05, 0) is 91.8 Å². The third-order valence-electron chi connectivity index (χ3n) is 8.14. The number of carboxylic acid groups (broad SMARTS) is 3. The lowest BCUT2D eigenvalue weighted by Gasteiger charge is -2.30. The van der Waals surface area contributed by atoms with Crippen molar-refractivity contribution in [2.75, 3.05) is 26.3 Å². The Morgan fingerprint density at radius 2 is 0.939 bits per heavy atom. The van der Waals surface area contributed by atoms with Gasteiger partial charge in [0.25, 0.3) is 0 Å². The molecule has 1 aliphatic rings. The van der Waals surface area contributed by atoms with E-state index in [2.05, 4.69) is 65.2 Å². The molecule has 270 valence electrons. The summed E-state index contributed by atoms with van der Waals surface area (Å²) in [6.45, 7) is 20.0. The van der Waals surface area contributed by atoms with Gasteiger partial charge in [0.1, 0.15) is 24.7 Å².